The van der Waals surface area contributed by atoms with Crippen LogP contribution in [0.25, 0.3) is 83.9 Å². The summed E-state index contributed by atoms with van der Waals surface area (Å²) in [6.45, 7) is 0. The number of para-hydroxylation sites is 2. The fourth-order valence-corrected chi connectivity index (χ4v) is 6.21. The van der Waals surface area contributed by atoms with E-state index < -0.39 is 42.3 Å². The van der Waals surface area contributed by atoms with Crippen LogP contribution in [0.1, 0.15) is 12.3 Å². The molecule has 0 bridgehead atoms. The molecule has 0 spiro atoms. The first-order valence-electron chi connectivity index (χ1n) is 20.2. The van der Waals surface area contributed by atoms with Gasteiger partial charge in [0.2, 0.25) is 0 Å². The van der Waals surface area contributed by atoms with Crippen molar-refractivity contribution < 1.29 is 12.3 Å². The number of aromatic nitrogens is 4. The Labute approximate surface area is 297 Å². The van der Waals surface area contributed by atoms with Gasteiger partial charge >= 0.3 is 0 Å². The van der Waals surface area contributed by atoms with Crippen molar-refractivity contribution >= 4 is 21.8 Å². The van der Waals surface area contributed by atoms with Crippen molar-refractivity contribution in [2.24, 2.45) is 0 Å². The third kappa shape index (κ3) is 5.26. The predicted molar refractivity (Wildman–Crippen MR) is 201 cm³/mol. The zero-order valence-corrected chi connectivity index (χ0v) is 25.9. The Morgan fingerprint density at radius 1 is 0.408 bits per heavy atom. The lowest BCUT2D eigenvalue weighted by Gasteiger charge is -2.13. The topological polar surface area (TPSA) is 43.6 Å². The zero-order valence-electron chi connectivity index (χ0n) is 34.9. The molecule has 0 radical (unpaired) electrons. The Bertz CT molecular complexity index is 3090. The molecule has 0 saturated heterocycles. The normalized spacial score (nSPS) is 13.8. The van der Waals surface area contributed by atoms with E-state index in [-0.39, 0.29) is 34.1 Å². The van der Waals surface area contributed by atoms with E-state index in [9.17, 15) is 0 Å². The van der Waals surface area contributed by atoms with Gasteiger partial charge in [0.1, 0.15) is 0 Å². The molecule has 230 valence electrons. The SMILES string of the molecule is [2H]c1c([2H])c([2H])c(-c2cccc3c4c([2H])c([2H])c([2H])c([2H])c4n(-c4cccc(-c5nc(-c6ccccc6)nc(-c6cccc(-c7ccccc7)c6)n5)c4)c23)c([2H])c1[2H]. The molecule has 0 aliphatic carbocycles. The van der Waals surface area contributed by atoms with Crippen LogP contribution >= 0.6 is 0 Å². The van der Waals surface area contributed by atoms with Crippen molar-refractivity contribution in [2.45, 2.75) is 0 Å². The minimum absolute atomic E-state index is 0.0561. The van der Waals surface area contributed by atoms with E-state index in [0.29, 0.717) is 39.6 Å². The second kappa shape index (κ2) is 12.2. The molecule has 2 aromatic heterocycles. The highest BCUT2D eigenvalue weighted by Gasteiger charge is 2.18. The summed E-state index contributed by atoms with van der Waals surface area (Å²) in [6, 6.07) is 36.0. The minimum Gasteiger partial charge on any atom is -0.309 e. The van der Waals surface area contributed by atoms with Crippen LogP contribution in [0.4, 0.5) is 0 Å². The summed E-state index contributed by atoms with van der Waals surface area (Å²) in [5, 5.41) is 0.650. The third-order valence-corrected chi connectivity index (χ3v) is 8.45. The molecule has 49 heavy (non-hydrogen) atoms. The lowest BCUT2D eigenvalue weighted by atomic mass is 10.0. The molecule has 0 aliphatic heterocycles. The van der Waals surface area contributed by atoms with Gasteiger partial charge in [0.25, 0.3) is 0 Å². The fraction of sp³-hybridized carbons (Fsp3) is 0. The lowest BCUT2D eigenvalue weighted by molar-refractivity contribution is 1.07. The molecule has 0 amide bonds. The first-order valence-corrected chi connectivity index (χ1v) is 15.7. The number of nitrogens with zero attached hydrogens (tertiary/aromatic N) is 4. The first kappa shape index (κ1) is 20.6. The van der Waals surface area contributed by atoms with Crippen LogP contribution in [-0.2, 0) is 0 Å². The molecule has 4 nitrogen and oxygen atoms in total. The molecule has 0 aliphatic rings. The van der Waals surface area contributed by atoms with Gasteiger partial charge in [0, 0.05) is 38.7 Å². The summed E-state index contributed by atoms with van der Waals surface area (Å²) < 4.78 is 79.9. The van der Waals surface area contributed by atoms with Gasteiger partial charge in [-0.15, -0.1) is 0 Å². The maximum atomic E-state index is 9.14. The Morgan fingerprint density at radius 2 is 0.980 bits per heavy atom. The number of hydrogen-bond acceptors (Lipinski definition) is 3. The van der Waals surface area contributed by atoms with Crippen molar-refractivity contribution in [2.75, 3.05) is 0 Å². The van der Waals surface area contributed by atoms with E-state index in [4.69, 9.17) is 27.3 Å². The van der Waals surface area contributed by atoms with Gasteiger partial charge in [-0.05, 0) is 40.9 Å². The van der Waals surface area contributed by atoms with Crippen LogP contribution in [0.3, 0.4) is 0 Å². The molecule has 2 heterocycles. The Morgan fingerprint density at radius 3 is 1.73 bits per heavy atom. The second-order valence-electron chi connectivity index (χ2n) is 11.4. The van der Waals surface area contributed by atoms with Crippen LogP contribution in [0.5, 0.6) is 0 Å². The molecular formula is C45H30N4. The highest BCUT2D eigenvalue weighted by molar-refractivity contribution is 6.13. The van der Waals surface area contributed by atoms with Crippen LogP contribution in [-0.4, -0.2) is 19.5 Å². The number of benzene rings is 7. The smallest absolute Gasteiger partial charge is 0.164 e. The van der Waals surface area contributed by atoms with Gasteiger partial charge in [-0.25, -0.2) is 15.0 Å². The standard InChI is InChI=1S/C45H30N4/c1-4-15-31(16-5-1)34-21-12-22-35(29-34)44-46-43(33-19-8-3-9-20-33)47-45(48-44)36-23-13-24-37(30-36)49-41-28-11-10-25-39(41)40-27-14-26-38(42(40)49)32-17-6-2-7-18-32/h1-30H/i2D,6D,7D,10D,11D,17D,18D,25D,28D. The molecule has 0 atom stereocenters. The summed E-state index contributed by atoms with van der Waals surface area (Å²) >= 11 is 0. The third-order valence-electron chi connectivity index (χ3n) is 8.45. The van der Waals surface area contributed by atoms with Crippen LogP contribution in [0.15, 0.2) is 182 Å². The van der Waals surface area contributed by atoms with Gasteiger partial charge in [-0.2, -0.15) is 0 Å². The summed E-state index contributed by atoms with van der Waals surface area (Å²) in [5.74, 6) is 1.25. The predicted octanol–water partition coefficient (Wildman–Crippen LogP) is 11.3. The molecule has 0 unspecified atom stereocenters. The Hall–Kier alpha value is -6.65. The quantitative estimate of drug-likeness (QED) is 0.183. The first-order chi connectivity index (χ1) is 28.0. The summed E-state index contributed by atoms with van der Waals surface area (Å²) in [4.78, 5) is 14.8. The molecular weight excluding hydrogens is 597 g/mol. The molecule has 9 aromatic rings. The van der Waals surface area contributed by atoms with Gasteiger partial charge < -0.3 is 4.57 Å². The van der Waals surface area contributed by atoms with Gasteiger partial charge in [0.05, 0.1) is 23.4 Å². The monoisotopic (exact) mass is 635 g/mol. The average molecular weight is 636 g/mol. The molecule has 7 aromatic carbocycles. The van der Waals surface area contributed by atoms with Gasteiger partial charge in [-0.1, -0.05) is 158 Å². The second-order valence-corrected chi connectivity index (χ2v) is 11.4. The fourth-order valence-electron chi connectivity index (χ4n) is 6.21. The average Bonchev–Trinajstić information content (AvgIpc) is 3.63. The summed E-state index contributed by atoms with van der Waals surface area (Å²) in [5.41, 5.74) is 5.36. The van der Waals surface area contributed by atoms with E-state index in [1.165, 1.54) is 0 Å². The number of hydrogen-bond donors (Lipinski definition) is 0. The lowest BCUT2D eigenvalue weighted by Crippen LogP contribution is -2.01. The highest BCUT2D eigenvalue weighted by atomic mass is 15.0. The van der Waals surface area contributed by atoms with Gasteiger partial charge in [-0.3, -0.25) is 0 Å². The molecule has 0 fully saturated rings. The van der Waals surface area contributed by atoms with Crippen LogP contribution < -0.4 is 0 Å². The number of fused-ring (bicyclic) bond motifs is 3. The van der Waals surface area contributed by atoms with Crippen molar-refractivity contribution in [1.82, 2.24) is 19.5 Å². The van der Waals surface area contributed by atoms with Crippen molar-refractivity contribution in [3.05, 3.63) is 182 Å². The van der Waals surface area contributed by atoms with Gasteiger partial charge in [0.15, 0.2) is 17.5 Å². The Kier molecular flexibility index (Phi) is 5.11. The van der Waals surface area contributed by atoms with Crippen molar-refractivity contribution in [3.63, 3.8) is 0 Å². The maximum Gasteiger partial charge on any atom is 0.164 e. The highest BCUT2D eigenvalue weighted by Crippen LogP contribution is 2.38. The summed E-state index contributed by atoms with van der Waals surface area (Å²) in [7, 11) is 0. The van der Waals surface area contributed by atoms with Crippen molar-refractivity contribution in [3.8, 4) is 62.1 Å². The van der Waals surface area contributed by atoms with Crippen molar-refractivity contribution in [1.29, 1.82) is 0 Å². The van der Waals surface area contributed by atoms with Crippen LogP contribution in [0.2, 0.25) is 0 Å². The molecule has 0 saturated carbocycles. The Balaban J connectivity index is 1.32. The van der Waals surface area contributed by atoms with E-state index >= 15 is 0 Å². The molecule has 9 rings (SSSR count). The van der Waals surface area contributed by atoms with E-state index in [2.05, 4.69) is 0 Å². The maximum absolute atomic E-state index is 9.14. The van der Waals surface area contributed by atoms with E-state index in [0.717, 1.165) is 22.3 Å². The van der Waals surface area contributed by atoms with E-state index in [1.807, 2.05) is 97.1 Å². The zero-order chi connectivity index (χ0) is 40.4. The largest absolute Gasteiger partial charge is 0.309 e. The minimum atomic E-state index is -0.530. The van der Waals surface area contributed by atoms with E-state index in [1.54, 1.807) is 34.9 Å². The number of rotatable bonds is 6. The van der Waals surface area contributed by atoms with Crippen LogP contribution in [0, 0.1) is 0 Å². The summed E-state index contributed by atoms with van der Waals surface area (Å²) in [6.07, 6.45) is 0. The molecule has 4 heteroatoms. The molecule has 0 N–H and O–H groups in total.